The largest absolute Gasteiger partial charge is 0.364 e. The van der Waals surface area contributed by atoms with Gasteiger partial charge in [0.2, 0.25) is 0 Å². The predicted octanol–water partition coefficient (Wildman–Crippen LogP) is 3.92. The van der Waals surface area contributed by atoms with Gasteiger partial charge >= 0.3 is 0 Å². The molecule has 1 saturated heterocycles. The lowest BCUT2D eigenvalue weighted by Crippen LogP contribution is -2.17. The molecule has 0 N–H and O–H groups in total. The third-order valence-electron chi connectivity index (χ3n) is 2.92. The smallest absolute Gasteiger partial charge is 0.192 e. The number of nitriles is 1. The summed E-state index contributed by atoms with van der Waals surface area (Å²) in [6.45, 7) is 2.00. The van der Waals surface area contributed by atoms with Gasteiger partial charge in [-0.3, -0.25) is 0 Å². The molecule has 1 fully saturated rings. The molecule has 0 bridgehead atoms. The monoisotopic (exact) mass is 272 g/mol. The van der Waals surface area contributed by atoms with Crippen molar-refractivity contribution in [1.82, 2.24) is 4.90 Å². The van der Waals surface area contributed by atoms with E-state index in [1.54, 1.807) is 11.8 Å². The van der Waals surface area contributed by atoms with Crippen molar-refractivity contribution in [1.29, 1.82) is 5.26 Å². The van der Waals surface area contributed by atoms with Crippen molar-refractivity contribution in [3.8, 4) is 6.07 Å². The zero-order valence-electron chi connectivity index (χ0n) is 10.9. The molecule has 1 aromatic rings. The molecule has 1 aliphatic rings. The van der Waals surface area contributed by atoms with Crippen LogP contribution in [0.25, 0.3) is 0 Å². The maximum absolute atomic E-state index is 9.26. The van der Waals surface area contributed by atoms with Crippen molar-refractivity contribution in [3.63, 3.8) is 0 Å². The second-order valence-corrected chi connectivity index (χ2v) is 4.99. The second kappa shape index (κ2) is 6.95. The van der Waals surface area contributed by atoms with Crippen LogP contribution in [0.15, 0.2) is 51.3 Å². The number of hydrogen-bond acceptors (Lipinski definition) is 5. The van der Waals surface area contributed by atoms with E-state index in [9.17, 15) is 5.26 Å². The fraction of sp³-hybridized carbons (Fsp3) is 0.357. The minimum atomic E-state index is 0.401. The molecule has 2 rings (SSSR count). The summed E-state index contributed by atoms with van der Waals surface area (Å²) >= 11 is 1.56. The van der Waals surface area contributed by atoms with Gasteiger partial charge in [-0.2, -0.15) is 5.26 Å². The zero-order valence-corrected chi connectivity index (χ0v) is 11.7. The van der Waals surface area contributed by atoms with E-state index in [-0.39, 0.29) is 0 Å². The topological polar surface area (TPSA) is 51.8 Å². The maximum Gasteiger partial charge on any atom is 0.192 e. The van der Waals surface area contributed by atoms with E-state index in [0.717, 1.165) is 23.8 Å². The highest BCUT2D eigenvalue weighted by atomic mass is 32.2. The molecule has 1 heterocycles. The number of azo groups is 1. The van der Waals surface area contributed by atoms with Crippen LogP contribution in [0.4, 0.5) is 5.69 Å². The summed E-state index contributed by atoms with van der Waals surface area (Å²) in [6.07, 6.45) is 4.33. The molecule has 0 unspecified atom stereocenters. The van der Waals surface area contributed by atoms with E-state index in [4.69, 9.17) is 0 Å². The molecule has 0 amide bonds. The number of nitrogens with zero attached hydrogens (tertiary/aromatic N) is 4. The van der Waals surface area contributed by atoms with Crippen LogP contribution >= 0.6 is 11.8 Å². The first-order valence-corrected chi connectivity index (χ1v) is 7.47. The summed E-state index contributed by atoms with van der Waals surface area (Å²) in [5.41, 5.74) is 1.16. The van der Waals surface area contributed by atoms with Crippen molar-refractivity contribution in [3.05, 3.63) is 41.1 Å². The summed E-state index contributed by atoms with van der Waals surface area (Å²) in [6, 6.07) is 11.6. The number of thioether (sulfide) groups is 1. The van der Waals surface area contributed by atoms with Crippen molar-refractivity contribution >= 4 is 17.4 Å². The highest BCUT2D eigenvalue weighted by Crippen LogP contribution is 2.27. The average molecular weight is 272 g/mol. The second-order valence-electron chi connectivity index (χ2n) is 4.20. The third-order valence-corrected chi connectivity index (χ3v) is 3.76. The molecule has 1 aromatic carbocycles. The van der Waals surface area contributed by atoms with Crippen LogP contribution < -0.4 is 0 Å². The van der Waals surface area contributed by atoms with Crippen LogP contribution in [-0.4, -0.2) is 24.2 Å². The Kier molecular flexibility index (Phi) is 4.99. The molecule has 0 aliphatic carbocycles. The lowest BCUT2D eigenvalue weighted by molar-refractivity contribution is 0.453. The molecule has 4 nitrogen and oxygen atoms in total. The average Bonchev–Trinajstić information content (AvgIpc) is 2.98. The molecule has 98 valence electrons. The van der Waals surface area contributed by atoms with Crippen LogP contribution in [0.2, 0.25) is 0 Å². The Balaban J connectivity index is 2.22. The first-order valence-electron chi connectivity index (χ1n) is 6.25. The van der Waals surface area contributed by atoms with E-state index in [1.165, 1.54) is 12.8 Å². The van der Waals surface area contributed by atoms with Crippen molar-refractivity contribution in [2.45, 2.75) is 12.8 Å². The SMILES string of the molecule is CS/C(=C(\C#N)N=Nc1ccccc1)N1CCCC1. The number of allylic oxidation sites excluding steroid dienone is 1. The van der Waals surface area contributed by atoms with Gasteiger partial charge < -0.3 is 4.90 Å². The zero-order chi connectivity index (χ0) is 13.5. The van der Waals surface area contributed by atoms with Gasteiger partial charge in [0.25, 0.3) is 0 Å². The minimum absolute atomic E-state index is 0.401. The van der Waals surface area contributed by atoms with Gasteiger partial charge in [-0.05, 0) is 31.2 Å². The van der Waals surface area contributed by atoms with Crippen molar-refractivity contribution in [2.75, 3.05) is 19.3 Å². The quantitative estimate of drug-likeness (QED) is 0.616. The maximum atomic E-state index is 9.26. The Morgan fingerprint density at radius 2 is 1.95 bits per heavy atom. The molecular formula is C14H16N4S. The molecule has 19 heavy (non-hydrogen) atoms. The Bertz CT molecular complexity index is 510. The molecular weight excluding hydrogens is 256 g/mol. The Hall–Kier alpha value is -1.80. The minimum Gasteiger partial charge on any atom is -0.364 e. The van der Waals surface area contributed by atoms with Gasteiger partial charge in [0.05, 0.1) is 5.69 Å². The highest BCUT2D eigenvalue weighted by Gasteiger charge is 2.18. The number of likely N-dealkylation sites (tertiary alicyclic amines) is 1. The molecule has 1 aliphatic heterocycles. The van der Waals surface area contributed by atoms with Crippen LogP contribution in [-0.2, 0) is 0 Å². The number of hydrogen-bond donors (Lipinski definition) is 0. The predicted molar refractivity (Wildman–Crippen MR) is 77.9 cm³/mol. The lowest BCUT2D eigenvalue weighted by atomic mass is 10.3. The van der Waals surface area contributed by atoms with Crippen molar-refractivity contribution in [2.24, 2.45) is 10.2 Å². The van der Waals surface area contributed by atoms with Gasteiger partial charge in [0.1, 0.15) is 11.1 Å². The van der Waals surface area contributed by atoms with Gasteiger partial charge in [0, 0.05) is 13.1 Å². The third kappa shape index (κ3) is 3.58. The summed E-state index contributed by atoms with van der Waals surface area (Å²) in [4.78, 5) is 2.22. The lowest BCUT2D eigenvalue weighted by Gasteiger charge is -2.19. The Morgan fingerprint density at radius 1 is 1.26 bits per heavy atom. The summed E-state index contributed by atoms with van der Waals surface area (Å²) in [7, 11) is 0. The molecule has 0 spiro atoms. The van der Waals surface area contributed by atoms with Crippen LogP contribution in [0.3, 0.4) is 0 Å². The fourth-order valence-electron chi connectivity index (χ4n) is 2.01. The molecule has 0 saturated carbocycles. The van der Waals surface area contributed by atoms with E-state index >= 15 is 0 Å². The standard InChI is InChI=1S/C14H16N4S/c1-19-14(18-9-5-6-10-18)13(11-15)17-16-12-7-3-2-4-8-12/h2-4,7-8H,5-6,9-10H2,1H3/b14-13+,17-16?. The summed E-state index contributed by atoms with van der Waals surface area (Å²) in [5.74, 6) is 0. The van der Waals surface area contributed by atoms with Crippen LogP contribution in [0, 0.1) is 11.3 Å². The van der Waals surface area contributed by atoms with E-state index < -0.39 is 0 Å². The van der Waals surface area contributed by atoms with Gasteiger partial charge in [-0.1, -0.05) is 18.2 Å². The Morgan fingerprint density at radius 3 is 2.53 bits per heavy atom. The fourth-order valence-corrected chi connectivity index (χ4v) is 2.73. The van der Waals surface area contributed by atoms with Crippen LogP contribution in [0.5, 0.6) is 0 Å². The summed E-state index contributed by atoms with van der Waals surface area (Å²) < 4.78 is 0. The highest BCUT2D eigenvalue weighted by molar-refractivity contribution is 8.02. The molecule has 5 heteroatoms. The van der Waals surface area contributed by atoms with Gasteiger partial charge in [-0.15, -0.1) is 22.0 Å². The number of rotatable bonds is 4. The van der Waals surface area contributed by atoms with Gasteiger partial charge in [-0.25, -0.2) is 0 Å². The van der Waals surface area contributed by atoms with E-state index in [1.807, 2.05) is 36.6 Å². The Labute approximate surface area is 117 Å². The molecule has 0 aromatic heterocycles. The van der Waals surface area contributed by atoms with E-state index in [2.05, 4.69) is 21.2 Å². The summed E-state index contributed by atoms with van der Waals surface area (Å²) in [5, 5.41) is 18.4. The first kappa shape index (κ1) is 13.6. The normalized spacial score (nSPS) is 16.5. The van der Waals surface area contributed by atoms with E-state index in [0.29, 0.717) is 5.70 Å². The molecule has 0 radical (unpaired) electrons. The van der Waals surface area contributed by atoms with Crippen molar-refractivity contribution < 1.29 is 0 Å². The first-order chi connectivity index (χ1) is 9.35. The molecule has 0 atom stereocenters. The number of benzene rings is 1. The van der Waals surface area contributed by atoms with Gasteiger partial charge in [0.15, 0.2) is 5.70 Å². The van der Waals surface area contributed by atoms with Crippen LogP contribution in [0.1, 0.15) is 12.8 Å².